The Bertz CT molecular complexity index is 1360. The van der Waals surface area contributed by atoms with Crippen LogP contribution in [0.2, 0.25) is 0 Å². The molecule has 4 rings (SSSR count). The van der Waals surface area contributed by atoms with Crippen LogP contribution in [0.5, 0.6) is 17.2 Å². The van der Waals surface area contributed by atoms with E-state index in [1.165, 1.54) is 0 Å². The lowest BCUT2D eigenvalue weighted by Crippen LogP contribution is -2.28. The summed E-state index contributed by atoms with van der Waals surface area (Å²) in [5.41, 5.74) is 2.74. The molecule has 0 radical (unpaired) electrons. The zero-order chi connectivity index (χ0) is 30.3. The van der Waals surface area contributed by atoms with E-state index in [1.54, 1.807) is 12.5 Å². The number of ether oxygens (including phenoxy) is 3. The Balaban J connectivity index is 1.44. The average molecular weight is 585 g/mol. The Morgan fingerprint density at radius 1 is 0.884 bits per heavy atom. The smallest absolute Gasteiger partial charge is 0.247 e. The second-order valence-electron chi connectivity index (χ2n) is 10.4. The summed E-state index contributed by atoms with van der Waals surface area (Å²) in [5, 5.41) is 3.11. The molecule has 1 N–H and O–H groups in total. The topological polar surface area (TPSA) is 77.9 Å². The van der Waals surface area contributed by atoms with Gasteiger partial charge in [0.2, 0.25) is 5.91 Å². The molecule has 4 aromatic rings. The van der Waals surface area contributed by atoms with E-state index in [2.05, 4.69) is 36.0 Å². The highest BCUT2D eigenvalue weighted by molar-refractivity contribution is 5.95. The molecule has 1 amide bonds. The summed E-state index contributed by atoms with van der Waals surface area (Å²) in [7, 11) is 0. The SMILES string of the molecule is CCCCOc1cc(OCCN(CC)CC)ccc1NC(=O)[C@@H](Cc1ccc(OCc2ccccc2)cc1)n1ccnc1. The quantitative estimate of drug-likeness (QED) is 0.130. The summed E-state index contributed by atoms with van der Waals surface area (Å²) in [6, 6.07) is 23.1. The number of unbranched alkanes of at least 4 members (excludes halogenated alkanes) is 1. The van der Waals surface area contributed by atoms with Crippen LogP contribution in [-0.2, 0) is 17.8 Å². The number of nitrogens with zero attached hydrogens (tertiary/aromatic N) is 3. The minimum Gasteiger partial charge on any atom is -0.492 e. The van der Waals surface area contributed by atoms with Gasteiger partial charge in [0.25, 0.3) is 0 Å². The van der Waals surface area contributed by atoms with Crippen LogP contribution in [0.25, 0.3) is 0 Å². The van der Waals surface area contributed by atoms with Crippen LogP contribution in [-0.4, -0.2) is 53.2 Å². The number of imidazole rings is 1. The molecule has 228 valence electrons. The van der Waals surface area contributed by atoms with Gasteiger partial charge in [0.15, 0.2) is 0 Å². The maximum Gasteiger partial charge on any atom is 0.247 e. The summed E-state index contributed by atoms with van der Waals surface area (Å²) in [4.78, 5) is 20.3. The Morgan fingerprint density at radius 2 is 1.65 bits per heavy atom. The molecule has 0 fully saturated rings. The highest BCUT2D eigenvalue weighted by Crippen LogP contribution is 2.31. The lowest BCUT2D eigenvalue weighted by molar-refractivity contribution is -0.119. The average Bonchev–Trinajstić information content (AvgIpc) is 3.58. The minimum atomic E-state index is -0.507. The van der Waals surface area contributed by atoms with E-state index < -0.39 is 6.04 Å². The Morgan fingerprint density at radius 3 is 2.35 bits per heavy atom. The van der Waals surface area contributed by atoms with Crippen LogP contribution in [0.4, 0.5) is 5.69 Å². The van der Waals surface area contributed by atoms with Gasteiger partial charge in [-0.2, -0.15) is 0 Å². The molecular weight excluding hydrogens is 540 g/mol. The largest absolute Gasteiger partial charge is 0.492 e. The standard InChI is InChI=1S/C35H44N4O4/c1-4-7-22-42-34-25-31(41-23-21-38(5-2)6-3)17-18-32(34)37-35(40)33(39-20-19-36-27-39)24-28-13-15-30(16-14-28)43-26-29-11-9-8-10-12-29/h8-20,25,27,33H,4-7,21-24,26H2,1-3H3,(H,37,40)/t33-/m1/s1. The predicted octanol–water partition coefficient (Wildman–Crippen LogP) is 6.78. The molecule has 0 saturated heterocycles. The zero-order valence-corrected chi connectivity index (χ0v) is 25.6. The van der Waals surface area contributed by atoms with Crippen LogP contribution in [0.3, 0.4) is 0 Å². The summed E-state index contributed by atoms with van der Waals surface area (Å²) < 4.78 is 19.9. The van der Waals surface area contributed by atoms with Crippen molar-refractivity contribution in [2.45, 2.75) is 52.7 Å². The molecule has 3 aromatic carbocycles. The summed E-state index contributed by atoms with van der Waals surface area (Å²) in [6.07, 6.45) is 7.59. The van der Waals surface area contributed by atoms with Gasteiger partial charge in [0, 0.05) is 31.4 Å². The third-order valence-corrected chi connectivity index (χ3v) is 7.33. The van der Waals surface area contributed by atoms with Crippen LogP contribution in [0, 0.1) is 0 Å². The van der Waals surface area contributed by atoms with Gasteiger partial charge < -0.3 is 29.0 Å². The molecule has 0 aliphatic rings. The molecule has 0 bridgehead atoms. The lowest BCUT2D eigenvalue weighted by atomic mass is 10.0. The summed E-state index contributed by atoms with van der Waals surface area (Å²) in [5.74, 6) is 1.95. The van der Waals surface area contributed by atoms with Gasteiger partial charge in [-0.3, -0.25) is 4.79 Å². The Hall–Kier alpha value is -4.30. The van der Waals surface area contributed by atoms with E-state index >= 15 is 0 Å². The van der Waals surface area contributed by atoms with E-state index in [0.717, 1.165) is 55.1 Å². The molecule has 1 heterocycles. The van der Waals surface area contributed by atoms with E-state index in [-0.39, 0.29) is 5.91 Å². The van der Waals surface area contributed by atoms with Gasteiger partial charge in [-0.1, -0.05) is 69.7 Å². The van der Waals surface area contributed by atoms with Crippen molar-refractivity contribution in [1.82, 2.24) is 14.5 Å². The van der Waals surface area contributed by atoms with Crippen LogP contribution in [0.1, 0.15) is 50.8 Å². The van der Waals surface area contributed by atoms with Gasteiger partial charge in [-0.05, 0) is 54.9 Å². The second-order valence-corrected chi connectivity index (χ2v) is 10.4. The number of hydrogen-bond acceptors (Lipinski definition) is 6. The number of anilines is 1. The van der Waals surface area contributed by atoms with Crippen LogP contribution in [0.15, 0.2) is 91.5 Å². The first-order valence-electron chi connectivity index (χ1n) is 15.3. The highest BCUT2D eigenvalue weighted by atomic mass is 16.5. The molecule has 43 heavy (non-hydrogen) atoms. The number of benzene rings is 3. The number of hydrogen-bond donors (Lipinski definition) is 1. The number of rotatable bonds is 18. The molecule has 8 nitrogen and oxygen atoms in total. The van der Waals surface area contributed by atoms with Crippen LogP contribution < -0.4 is 19.5 Å². The van der Waals surface area contributed by atoms with Gasteiger partial charge in [0.1, 0.15) is 36.5 Å². The first-order chi connectivity index (χ1) is 21.1. The summed E-state index contributed by atoms with van der Waals surface area (Å²) >= 11 is 0. The van der Waals surface area contributed by atoms with Gasteiger partial charge in [-0.15, -0.1) is 0 Å². The maximum absolute atomic E-state index is 13.7. The monoisotopic (exact) mass is 584 g/mol. The molecule has 1 atom stereocenters. The second kappa shape index (κ2) is 17.0. The van der Waals surface area contributed by atoms with Gasteiger partial charge in [-0.25, -0.2) is 4.98 Å². The number of aromatic nitrogens is 2. The number of carbonyl (C=O) groups excluding carboxylic acids is 1. The van der Waals surface area contributed by atoms with Crippen molar-refractivity contribution >= 4 is 11.6 Å². The molecule has 0 unspecified atom stereocenters. The molecular formula is C35H44N4O4. The van der Waals surface area contributed by atoms with E-state index in [0.29, 0.717) is 37.7 Å². The van der Waals surface area contributed by atoms with Crippen molar-refractivity contribution in [3.63, 3.8) is 0 Å². The van der Waals surface area contributed by atoms with Crippen molar-refractivity contribution in [1.29, 1.82) is 0 Å². The molecule has 8 heteroatoms. The molecule has 0 spiro atoms. The minimum absolute atomic E-state index is 0.155. The van der Waals surface area contributed by atoms with Crippen molar-refractivity contribution < 1.29 is 19.0 Å². The fourth-order valence-electron chi connectivity index (χ4n) is 4.66. The number of carbonyl (C=O) groups is 1. The third kappa shape index (κ3) is 9.89. The van der Waals surface area contributed by atoms with Crippen molar-refractivity contribution in [3.8, 4) is 17.2 Å². The zero-order valence-electron chi connectivity index (χ0n) is 25.6. The molecule has 0 aliphatic heterocycles. The normalized spacial score (nSPS) is 11.7. The van der Waals surface area contributed by atoms with Crippen LogP contribution >= 0.6 is 0 Å². The van der Waals surface area contributed by atoms with Gasteiger partial charge in [0.05, 0.1) is 18.6 Å². The molecule has 0 saturated carbocycles. The van der Waals surface area contributed by atoms with Crippen molar-refractivity contribution in [3.05, 3.63) is 103 Å². The van der Waals surface area contributed by atoms with Crippen molar-refractivity contribution in [2.24, 2.45) is 0 Å². The molecule has 0 aliphatic carbocycles. The number of nitrogens with one attached hydrogen (secondary N) is 1. The van der Waals surface area contributed by atoms with E-state index in [9.17, 15) is 4.79 Å². The van der Waals surface area contributed by atoms with E-state index in [1.807, 2.05) is 83.6 Å². The lowest BCUT2D eigenvalue weighted by Gasteiger charge is -2.21. The fourth-order valence-corrected chi connectivity index (χ4v) is 4.66. The Kier molecular flexibility index (Phi) is 12.5. The summed E-state index contributed by atoms with van der Waals surface area (Å²) in [6.45, 7) is 10.9. The van der Waals surface area contributed by atoms with Crippen molar-refractivity contribution in [2.75, 3.05) is 38.2 Å². The first kappa shape index (κ1) is 31.6. The Labute approximate surface area is 255 Å². The number of amides is 1. The molecule has 1 aromatic heterocycles. The number of likely N-dealkylation sites (N-methyl/N-ethyl adjacent to an activating group) is 1. The van der Waals surface area contributed by atoms with Gasteiger partial charge >= 0.3 is 0 Å². The highest BCUT2D eigenvalue weighted by Gasteiger charge is 2.22. The third-order valence-electron chi connectivity index (χ3n) is 7.33. The first-order valence-corrected chi connectivity index (χ1v) is 15.3. The maximum atomic E-state index is 13.7. The predicted molar refractivity (Wildman–Crippen MR) is 171 cm³/mol. The fraction of sp³-hybridized carbons (Fsp3) is 0.371. The van der Waals surface area contributed by atoms with E-state index in [4.69, 9.17) is 14.2 Å².